The van der Waals surface area contributed by atoms with Gasteiger partial charge in [0.05, 0.1) is 5.56 Å². The van der Waals surface area contributed by atoms with Crippen molar-refractivity contribution in [2.24, 2.45) is 5.41 Å². The number of aryl methyl sites for hydroxylation is 1. The van der Waals surface area contributed by atoms with E-state index in [1.165, 1.54) is 12.1 Å². The van der Waals surface area contributed by atoms with Crippen LogP contribution in [0.5, 0.6) is 0 Å². The van der Waals surface area contributed by atoms with Gasteiger partial charge in [-0.1, -0.05) is 24.3 Å². The van der Waals surface area contributed by atoms with Gasteiger partial charge in [0.15, 0.2) is 6.29 Å². The highest BCUT2D eigenvalue weighted by molar-refractivity contribution is 5.81. The third-order valence-electron chi connectivity index (χ3n) is 6.12. The second-order valence-corrected chi connectivity index (χ2v) is 7.58. The number of carboxylic acid groups (broad SMARTS) is 1. The second-order valence-electron chi connectivity index (χ2n) is 7.58. The van der Waals surface area contributed by atoms with Gasteiger partial charge in [0.25, 0.3) is 0 Å². The van der Waals surface area contributed by atoms with Crippen molar-refractivity contribution in [1.82, 2.24) is 5.32 Å². The molecular formula is C21H18F3NO3. The molecule has 0 bridgehead atoms. The third kappa shape index (κ3) is 2.77. The van der Waals surface area contributed by atoms with E-state index in [4.69, 9.17) is 0 Å². The number of carbonyl (C=O) groups is 2. The number of alkyl halides is 3. The molecule has 1 amide bonds. The molecule has 2 aliphatic carbocycles. The highest BCUT2D eigenvalue weighted by Crippen LogP contribution is 2.63. The van der Waals surface area contributed by atoms with Crippen LogP contribution >= 0.6 is 0 Å². The number of hydrogen-bond acceptors (Lipinski definition) is 2. The fraction of sp³-hybridized carbons (Fsp3) is 0.333. The van der Waals surface area contributed by atoms with Gasteiger partial charge in [0.2, 0.25) is 0 Å². The lowest BCUT2D eigenvalue weighted by Crippen LogP contribution is -2.55. The van der Waals surface area contributed by atoms with E-state index in [0.717, 1.165) is 43.4 Å². The van der Waals surface area contributed by atoms with E-state index in [1.54, 1.807) is 12.1 Å². The summed E-state index contributed by atoms with van der Waals surface area (Å²) in [4.78, 5) is 23.7. The molecule has 0 heterocycles. The van der Waals surface area contributed by atoms with E-state index in [-0.39, 0.29) is 0 Å². The Morgan fingerprint density at radius 1 is 1.04 bits per heavy atom. The Balaban J connectivity index is 1.81. The topological polar surface area (TPSA) is 66.4 Å². The number of nitrogens with one attached hydrogen (secondary N) is 1. The van der Waals surface area contributed by atoms with Crippen LogP contribution in [-0.2, 0) is 22.9 Å². The fourth-order valence-electron chi connectivity index (χ4n) is 4.43. The van der Waals surface area contributed by atoms with Gasteiger partial charge < -0.3 is 15.2 Å². The Bertz CT molecular complexity index is 948. The largest absolute Gasteiger partial charge is 0.465 e. The first-order valence-corrected chi connectivity index (χ1v) is 8.99. The highest BCUT2D eigenvalue weighted by atomic mass is 19.4. The summed E-state index contributed by atoms with van der Waals surface area (Å²) in [6.07, 6.45) is -2.02. The molecule has 7 heteroatoms. The molecule has 28 heavy (non-hydrogen) atoms. The minimum atomic E-state index is -4.41. The lowest BCUT2D eigenvalue weighted by atomic mass is 9.66. The van der Waals surface area contributed by atoms with Crippen LogP contribution in [0.4, 0.5) is 18.0 Å². The molecule has 2 aromatic rings. The molecule has 1 spiro atoms. The van der Waals surface area contributed by atoms with Gasteiger partial charge in [-0.25, -0.2) is 4.79 Å². The van der Waals surface area contributed by atoms with Gasteiger partial charge in [0, 0.05) is 5.41 Å². The fourth-order valence-corrected chi connectivity index (χ4v) is 4.43. The molecule has 1 atom stereocenters. The zero-order valence-corrected chi connectivity index (χ0v) is 14.8. The summed E-state index contributed by atoms with van der Waals surface area (Å²) in [6, 6.07) is 10.2. The van der Waals surface area contributed by atoms with Crippen LogP contribution in [0.15, 0.2) is 42.5 Å². The molecule has 0 aliphatic heterocycles. The van der Waals surface area contributed by atoms with Crippen molar-refractivity contribution < 1.29 is 27.9 Å². The lowest BCUT2D eigenvalue weighted by Gasteiger charge is -2.42. The maximum absolute atomic E-state index is 12.8. The van der Waals surface area contributed by atoms with Gasteiger partial charge in [0.1, 0.15) is 5.54 Å². The van der Waals surface area contributed by atoms with Crippen LogP contribution in [0.25, 0.3) is 11.1 Å². The number of fused-ring (bicyclic) bond motifs is 1. The summed E-state index contributed by atoms with van der Waals surface area (Å²) < 4.78 is 38.4. The predicted molar refractivity (Wildman–Crippen MR) is 95.8 cm³/mol. The van der Waals surface area contributed by atoms with Gasteiger partial charge in [-0.3, -0.25) is 0 Å². The minimum absolute atomic E-state index is 0.418. The first-order valence-electron chi connectivity index (χ1n) is 8.99. The van der Waals surface area contributed by atoms with Crippen LogP contribution in [0.2, 0.25) is 0 Å². The maximum atomic E-state index is 12.8. The molecule has 1 saturated carbocycles. The molecular weight excluding hydrogens is 371 g/mol. The first kappa shape index (κ1) is 18.5. The molecule has 2 N–H and O–H groups in total. The van der Waals surface area contributed by atoms with Crippen molar-refractivity contribution >= 4 is 12.4 Å². The van der Waals surface area contributed by atoms with Gasteiger partial charge in [-0.2, -0.15) is 13.2 Å². The Hall–Kier alpha value is -2.83. The quantitative estimate of drug-likeness (QED) is 0.744. The molecule has 1 fully saturated rings. The monoisotopic (exact) mass is 389 g/mol. The summed E-state index contributed by atoms with van der Waals surface area (Å²) in [6.45, 7) is 0. The van der Waals surface area contributed by atoms with Gasteiger partial charge in [-0.05, 0) is 66.1 Å². The Kier molecular flexibility index (Phi) is 4.03. The molecule has 0 radical (unpaired) electrons. The van der Waals surface area contributed by atoms with Crippen molar-refractivity contribution in [3.63, 3.8) is 0 Å². The standard InChI is InChI=1S/C21H18F3NO3/c22-21(23,24)16-5-3-13(4-6-16)15-2-1-14-7-8-19(9-10-19)20(12-26,17(14)11-15)25-18(27)28/h1-6,11-12,25H,7-10H2,(H,27,28)/t20-/m1/s1. The number of carbonyl (C=O) groups excluding carboxylic acids is 1. The molecule has 146 valence electrons. The number of halogens is 3. The minimum Gasteiger partial charge on any atom is -0.465 e. The number of amides is 1. The Morgan fingerprint density at radius 3 is 2.21 bits per heavy atom. The van der Waals surface area contributed by atoms with Crippen molar-refractivity contribution in [2.75, 3.05) is 0 Å². The Morgan fingerprint density at radius 2 is 1.68 bits per heavy atom. The van der Waals surface area contributed by atoms with E-state index in [2.05, 4.69) is 5.32 Å². The van der Waals surface area contributed by atoms with Crippen LogP contribution in [0.1, 0.15) is 36.0 Å². The zero-order chi connectivity index (χ0) is 20.2. The smallest absolute Gasteiger partial charge is 0.416 e. The number of hydrogen-bond donors (Lipinski definition) is 2. The van der Waals surface area contributed by atoms with Crippen molar-refractivity contribution in [3.05, 3.63) is 59.2 Å². The van der Waals surface area contributed by atoms with Crippen molar-refractivity contribution in [3.8, 4) is 11.1 Å². The van der Waals surface area contributed by atoms with Crippen LogP contribution in [0, 0.1) is 5.41 Å². The molecule has 0 unspecified atom stereocenters. The predicted octanol–water partition coefficient (Wildman–Crippen LogP) is 4.76. The number of rotatable bonds is 3. The molecule has 0 aromatic heterocycles. The van der Waals surface area contributed by atoms with E-state index in [1.807, 2.05) is 6.07 Å². The molecule has 0 saturated heterocycles. The summed E-state index contributed by atoms with van der Waals surface area (Å²) in [5, 5.41) is 11.8. The molecule has 4 rings (SSSR count). The summed E-state index contributed by atoms with van der Waals surface area (Å²) in [5.74, 6) is 0. The van der Waals surface area contributed by atoms with Crippen molar-refractivity contribution in [2.45, 2.75) is 37.4 Å². The van der Waals surface area contributed by atoms with E-state index in [0.29, 0.717) is 23.0 Å². The summed E-state index contributed by atoms with van der Waals surface area (Å²) in [7, 11) is 0. The van der Waals surface area contributed by atoms with Crippen LogP contribution in [0.3, 0.4) is 0 Å². The number of aldehydes is 1. The van der Waals surface area contributed by atoms with E-state index < -0.39 is 28.8 Å². The van der Waals surface area contributed by atoms with E-state index >= 15 is 0 Å². The Labute approximate surface area is 159 Å². The van der Waals surface area contributed by atoms with Crippen LogP contribution in [-0.4, -0.2) is 17.5 Å². The van der Waals surface area contributed by atoms with Crippen molar-refractivity contribution in [1.29, 1.82) is 0 Å². The summed E-state index contributed by atoms with van der Waals surface area (Å²) in [5.41, 5.74) is 0.221. The molecule has 4 nitrogen and oxygen atoms in total. The average Bonchev–Trinajstić information content (AvgIpc) is 3.44. The maximum Gasteiger partial charge on any atom is 0.416 e. The van der Waals surface area contributed by atoms with Gasteiger partial charge >= 0.3 is 12.3 Å². The third-order valence-corrected chi connectivity index (χ3v) is 6.12. The highest BCUT2D eigenvalue weighted by Gasteiger charge is 2.63. The normalized spacial score (nSPS) is 22.4. The molecule has 2 aromatic carbocycles. The SMILES string of the molecule is O=C[C@@]1(NC(=O)O)c2cc(-c3ccc(C(F)(F)F)cc3)ccc2CCC12CC2. The second kappa shape index (κ2) is 6.09. The van der Waals surface area contributed by atoms with Gasteiger partial charge in [-0.15, -0.1) is 0 Å². The zero-order valence-electron chi connectivity index (χ0n) is 14.8. The first-order chi connectivity index (χ1) is 13.2. The lowest BCUT2D eigenvalue weighted by molar-refractivity contribution is -0.137. The molecule has 2 aliphatic rings. The van der Waals surface area contributed by atoms with Crippen LogP contribution < -0.4 is 5.32 Å². The average molecular weight is 389 g/mol. The van der Waals surface area contributed by atoms with E-state index in [9.17, 15) is 27.9 Å². The summed E-state index contributed by atoms with van der Waals surface area (Å²) >= 11 is 0. The number of benzene rings is 2.